The number of anilines is 1. The minimum Gasteiger partial charge on any atom is -0.382 e. The van der Waals surface area contributed by atoms with Crippen LogP contribution in [0.5, 0.6) is 0 Å². The first-order valence-electron chi connectivity index (χ1n) is 3.78. The predicted octanol–water partition coefficient (Wildman–Crippen LogP) is 0.843. The van der Waals surface area contributed by atoms with E-state index in [0.717, 1.165) is 25.1 Å². The molecule has 0 spiro atoms. The summed E-state index contributed by atoms with van der Waals surface area (Å²) in [4.78, 5) is 0. The third kappa shape index (κ3) is 1.21. The molecule has 1 aliphatic rings. The minimum absolute atomic E-state index is 0.194. The zero-order valence-corrected chi connectivity index (χ0v) is 6.21. The number of hydrogen-bond donors (Lipinski definition) is 2. The molecule has 60 valence electrons. The highest BCUT2D eigenvalue weighted by atomic mass is 16.5. The Morgan fingerprint density at radius 1 is 1.73 bits per heavy atom. The highest BCUT2D eigenvalue weighted by Gasteiger charge is 2.18. The Labute approximate surface area is 64.7 Å². The smallest absolute Gasteiger partial charge is 0.145 e. The number of rotatable bonds is 1. The zero-order chi connectivity index (χ0) is 7.68. The van der Waals surface area contributed by atoms with Crippen molar-refractivity contribution >= 4 is 5.82 Å². The molecule has 11 heavy (non-hydrogen) atoms. The Bertz CT molecular complexity index is 240. The Kier molecular flexibility index (Phi) is 1.54. The fourth-order valence-electron chi connectivity index (χ4n) is 1.34. The number of nitrogens with two attached hydrogens (primary N) is 1. The summed E-state index contributed by atoms with van der Waals surface area (Å²) in [6.45, 7) is 0.851. The van der Waals surface area contributed by atoms with Crippen LogP contribution in [0.1, 0.15) is 24.6 Å². The van der Waals surface area contributed by atoms with Crippen molar-refractivity contribution in [2.24, 2.45) is 0 Å². The van der Waals surface area contributed by atoms with E-state index in [1.54, 1.807) is 0 Å². The first kappa shape index (κ1) is 6.67. The van der Waals surface area contributed by atoms with Crippen LogP contribution in [0, 0.1) is 0 Å². The molecule has 1 aromatic rings. The summed E-state index contributed by atoms with van der Waals surface area (Å²) in [6.07, 6.45) is 2.39. The molecule has 0 aliphatic carbocycles. The van der Waals surface area contributed by atoms with E-state index in [1.165, 1.54) is 0 Å². The Hall–Kier alpha value is -1.03. The summed E-state index contributed by atoms with van der Waals surface area (Å²) in [5.74, 6) is 0.538. The number of aromatic amines is 1. The second-order valence-electron chi connectivity index (χ2n) is 2.75. The van der Waals surface area contributed by atoms with E-state index in [9.17, 15) is 0 Å². The van der Waals surface area contributed by atoms with Gasteiger partial charge >= 0.3 is 0 Å². The molecule has 1 atom stereocenters. The Morgan fingerprint density at radius 3 is 3.18 bits per heavy atom. The molecule has 4 nitrogen and oxygen atoms in total. The Morgan fingerprint density at radius 2 is 2.64 bits per heavy atom. The van der Waals surface area contributed by atoms with Crippen molar-refractivity contribution in [2.75, 3.05) is 12.3 Å². The third-order valence-corrected chi connectivity index (χ3v) is 1.89. The number of nitrogen functional groups attached to an aromatic ring is 1. The minimum atomic E-state index is 0.194. The highest BCUT2D eigenvalue weighted by molar-refractivity contribution is 5.29. The first-order chi connectivity index (χ1) is 5.36. The van der Waals surface area contributed by atoms with Crippen molar-refractivity contribution in [2.45, 2.75) is 18.9 Å². The topological polar surface area (TPSA) is 63.9 Å². The van der Waals surface area contributed by atoms with Crippen molar-refractivity contribution in [1.29, 1.82) is 0 Å². The van der Waals surface area contributed by atoms with E-state index in [0.29, 0.717) is 5.82 Å². The van der Waals surface area contributed by atoms with E-state index in [2.05, 4.69) is 10.2 Å². The summed E-state index contributed by atoms with van der Waals surface area (Å²) in [6, 6.07) is 1.83. The first-order valence-corrected chi connectivity index (χ1v) is 3.78. The van der Waals surface area contributed by atoms with Gasteiger partial charge in [0.05, 0.1) is 11.8 Å². The van der Waals surface area contributed by atoms with Crippen LogP contribution < -0.4 is 5.73 Å². The number of nitrogens with one attached hydrogen (secondary N) is 1. The molecule has 3 N–H and O–H groups in total. The van der Waals surface area contributed by atoms with Gasteiger partial charge in [-0.3, -0.25) is 5.10 Å². The second-order valence-corrected chi connectivity index (χ2v) is 2.75. The summed E-state index contributed by atoms with van der Waals surface area (Å²) >= 11 is 0. The maximum atomic E-state index is 5.45. The highest BCUT2D eigenvalue weighted by Crippen LogP contribution is 2.27. The maximum absolute atomic E-state index is 5.45. The number of ether oxygens (including phenoxy) is 1. The number of H-pyrrole nitrogens is 1. The summed E-state index contributed by atoms with van der Waals surface area (Å²) in [5.41, 5.74) is 6.45. The lowest BCUT2D eigenvalue weighted by Gasteiger charge is -2.03. The average molecular weight is 153 g/mol. The molecule has 0 aromatic carbocycles. The lowest BCUT2D eigenvalue weighted by Crippen LogP contribution is -1.95. The number of hydrogen-bond acceptors (Lipinski definition) is 3. The van der Waals surface area contributed by atoms with Crippen molar-refractivity contribution in [3.8, 4) is 0 Å². The van der Waals surface area contributed by atoms with Gasteiger partial charge in [0, 0.05) is 12.7 Å². The van der Waals surface area contributed by atoms with Gasteiger partial charge in [-0.15, -0.1) is 0 Å². The zero-order valence-electron chi connectivity index (χ0n) is 6.21. The van der Waals surface area contributed by atoms with Gasteiger partial charge in [0.15, 0.2) is 0 Å². The summed E-state index contributed by atoms with van der Waals surface area (Å²) < 4.78 is 5.43. The van der Waals surface area contributed by atoms with Crippen molar-refractivity contribution in [3.05, 3.63) is 11.8 Å². The maximum Gasteiger partial charge on any atom is 0.145 e. The Balaban J connectivity index is 2.15. The van der Waals surface area contributed by atoms with Crippen molar-refractivity contribution < 1.29 is 4.74 Å². The van der Waals surface area contributed by atoms with Crippen molar-refractivity contribution in [3.63, 3.8) is 0 Å². The molecule has 1 aromatic heterocycles. The molecular formula is C7H11N3O. The molecule has 0 radical (unpaired) electrons. The fraction of sp³-hybridized carbons (Fsp3) is 0.571. The van der Waals surface area contributed by atoms with E-state index >= 15 is 0 Å². The summed E-state index contributed by atoms with van der Waals surface area (Å²) in [5, 5.41) is 6.68. The monoisotopic (exact) mass is 153 g/mol. The third-order valence-electron chi connectivity index (χ3n) is 1.89. The van der Waals surface area contributed by atoms with Crippen molar-refractivity contribution in [1.82, 2.24) is 10.2 Å². The molecular weight excluding hydrogens is 142 g/mol. The molecule has 2 heterocycles. The van der Waals surface area contributed by atoms with Crippen LogP contribution in [0.15, 0.2) is 6.07 Å². The molecule has 2 rings (SSSR count). The predicted molar refractivity (Wildman–Crippen MR) is 40.9 cm³/mol. The van der Waals surface area contributed by atoms with E-state index in [-0.39, 0.29) is 6.10 Å². The van der Waals surface area contributed by atoms with Crippen LogP contribution in [0.25, 0.3) is 0 Å². The van der Waals surface area contributed by atoms with Gasteiger partial charge in [-0.2, -0.15) is 5.10 Å². The largest absolute Gasteiger partial charge is 0.382 e. The number of aromatic nitrogens is 2. The van der Waals surface area contributed by atoms with Gasteiger partial charge in [0.2, 0.25) is 0 Å². The van der Waals surface area contributed by atoms with Crippen LogP contribution in [0.2, 0.25) is 0 Å². The van der Waals surface area contributed by atoms with Crippen LogP contribution in [0.4, 0.5) is 5.82 Å². The standard InChI is InChI=1S/C7H11N3O/c8-7-4-5(9-10-7)6-2-1-3-11-6/h4,6H,1-3H2,(H3,8,9,10)/t6-/m1/s1. The van der Waals surface area contributed by atoms with Gasteiger partial charge in [-0.25, -0.2) is 0 Å². The molecule has 4 heteroatoms. The molecule has 0 unspecified atom stereocenters. The van der Waals surface area contributed by atoms with E-state index in [4.69, 9.17) is 10.5 Å². The van der Waals surface area contributed by atoms with Crippen LogP contribution in [-0.2, 0) is 4.74 Å². The summed E-state index contributed by atoms with van der Waals surface area (Å²) in [7, 11) is 0. The lowest BCUT2D eigenvalue weighted by molar-refractivity contribution is 0.108. The van der Waals surface area contributed by atoms with Crippen LogP contribution in [0.3, 0.4) is 0 Å². The average Bonchev–Trinajstić information content (AvgIpc) is 2.55. The molecule has 1 fully saturated rings. The quantitative estimate of drug-likeness (QED) is 0.628. The molecule has 1 aliphatic heterocycles. The van der Waals surface area contributed by atoms with Gasteiger partial charge in [0.25, 0.3) is 0 Å². The SMILES string of the molecule is Nc1cc([C@H]2CCCO2)[nH]n1. The lowest BCUT2D eigenvalue weighted by atomic mass is 10.2. The molecule has 1 saturated heterocycles. The van der Waals surface area contributed by atoms with Gasteiger partial charge < -0.3 is 10.5 Å². The fourth-order valence-corrected chi connectivity index (χ4v) is 1.34. The second kappa shape index (κ2) is 2.54. The van der Waals surface area contributed by atoms with E-state index in [1.807, 2.05) is 6.07 Å². The van der Waals surface area contributed by atoms with E-state index < -0.39 is 0 Å². The van der Waals surface area contributed by atoms with Crippen LogP contribution >= 0.6 is 0 Å². The van der Waals surface area contributed by atoms with Gasteiger partial charge in [-0.05, 0) is 12.8 Å². The molecule has 0 bridgehead atoms. The molecule has 0 saturated carbocycles. The van der Waals surface area contributed by atoms with Gasteiger partial charge in [0.1, 0.15) is 5.82 Å². The normalized spacial score (nSPS) is 24.2. The van der Waals surface area contributed by atoms with Gasteiger partial charge in [-0.1, -0.05) is 0 Å². The number of nitrogens with zero attached hydrogens (tertiary/aromatic N) is 1. The van der Waals surface area contributed by atoms with Crippen LogP contribution in [-0.4, -0.2) is 16.8 Å². The molecule has 0 amide bonds.